The van der Waals surface area contributed by atoms with Crippen LogP contribution in [0.1, 0.15) is 5.56 Å². The van der Waals surface area contributed by atoms with Crippen LogP contribution in [0.25, 0.3) is 0 Å². The zero-order valence-electron chi connectivity index (χ0n) is 7.45. The van der Waals surface area contributed by atoms with Crippen LogP contribution in [-0.2, 0) is 16.3 Å². The highest BCUT2D eigenvalue weighted by atomic mass is 32.2. The predicted molar refractivity (Wildman–Crippen MR) is 44.7 cm³/mol. The van der Waals surface area contributed by atoms with Crippen LogP contribution in [0.5, 0.6) is 5.75 Å². The molecule has 0 N–H and O–H groups in total. The van der Waals surface area contributed by atoms with Crippen LogP contribution in [-0.4, -0.2) is 19.7 Å². The maximum atomic E-state index is 12.3. The van der Waals surface area contributed by atoms with Gasteiger partial charge >= 0.3 is 16.3 Å². The van der Waals surface area contributed by atoms with Gasteiger partial charge in [-0.3, -0.25) is 4.98 Å². The number of halogens is 3. The molecule has 1 aromatic rings. The van der Waals surface area contributed by atoms with E-state index < -0.39 is 27.6 Å². The van der Waals surface area contributed by atoms with Crippen molar-refractivity contribution in [2.75, 3.05) is 6.26 Å². The zero-order chi connectivity index (χ0) is 11.7. The highest BCUT2D eigenvalue weighted by Crippen LogP contribution is 2.35. The van der Waals surface area contributed by atoms with E-state index in [4.69, 9.17) is 0 Å². The third-order valence-electron chi connectivity index (χ3n) is 1.33. The average Bonchev–Trinajstić information content (AvgIpc) is 1.99. The van der Waals surface area contributed by atoms with E-state index in [-0.39, 0.29) is 0 Å². The summed E-state index contributed by atoms with van der Waals surface area (Å²) in [5.41, 5.74) is -1.18. The molecule has 15 heavy (non-hydrogen) atoms. The van der Waals surface area contributed by atoms with Crippen LogP contribution in [0.15, 0.2) is 18.5 Å². The van der Waals surface area contributed by atoms with Gasteiger partial charge < -0.3 is 4.18 Å². The van der Waals surface area contributed by atoms with Crippen LogP contribution in [0, 0.1) is 0 Å². The summed E-state index contributed by atoms with van der Waals surface area (Å²) in [6.45, 7) is 0. The molecule has 1 aromatic heterocycles. The quantitative estimate of drug-likeness (QED) is 0.735. The normalized spacial score (nSPS) is 12.5. The molecular weight excluding hydrogens is 235 g/mol. The Morgan fingerprint density at radius 1 is 1.40 bits per heavy atom. The summed E-state index contributed by atoms with van der Waals surface area (Å²) in [4.78, 5) is 3.35. The van der Waals surface area contributed by atoms with Gasteiger partial charge in [0.15, 0.2) is 5.75 Å². The second kappa shape index (κ2) is 3.69. The number of aromatic nitrogens is 1. The van der Waals surface area contributed by atoms with Gasteiger partial charge in [-0.15, -0.1) is 0 Å². The van der Waals surface area contributed by atoms with E-state index >= 15 is 0 Å². The van der Waals surface area contributed by atoms with Gasteiger partial charge in [0.05, 0.1) is 12.5 Å². The highest BCUT2D eigenvalue weighted by Gasteiger charge is 2.35. The van der Waals surface area contributed by atoms with Crippen LogP contribution in [0.3, 0.4) is 0 Å². The molecular formula is C7H6F3NO3S. The monoisotopic (exact) mass is 241 g/mol. The first kappa shape index (κ1) is 11.8. The third-order valence-corrected chi connectivity index (χ3v) is 1.81. The minimum Gasteiger partial charge on any atom is -0.380 e. The zero-order valence-corrected chi connectivity index (χ0v) is 8.26. The summed E-state index contributed by atoms with van der Waals surface area (Å²) in [6, 6.07) is 0.639. The van der Waals surface area contributed by atoms with E-state index in [9.17, 15) is 21.6 Å². The molecule has 0 aromatic carbocycles. The van der Waals surface area contributed by atoms with E-state index in [1.165, 1.54) is 0 Å². The lowest BCUT2D eigenvalue weighted by Crippen LogP contribution is -2.12. The summed E-state index contributed by atoms with van der Waals surface area (Å²) in [6.07, 6.45) is -2.43. The SMILES string of the molecule is CS(=O)(=O)Oc1cnccc1C(F)(F)F. The number of hydrogen-bond acceptors (Lipinski definition) is 4. The fraction of sp³-hybridized carbons (Fsp3) is 0.286. The summed E-state index contributed by atoms with van der Waals surface area (Å²) in [5.74, 6) is -0.826. The molecule has 0 spiro atoms. The summed E-state index contributed by atoms with van der Waals surface area (Å²) in [5, 5.41) is 0. The summed E-state index contributed by atoms with van der Waals surface area (Å²) in [7, 11) is -4.00. The topological polar surface area (TPSA) is 56.3 Å². The first-order valence-electron chi connectivity index (χ1n) is 3.61. The van der Waals surface area contributed by atoms with Crippen LogP contribution in [0.4, 0.5) is 13.2 Å². The number of rotatable bonds is 2. The van der Waals surface area contributed by atoms with Crippen molar-refractivity contribution in [3.8, 4) is 5.75 Å². The van der Waals surface area contributed by atoms with Crippen molar-refractivity contribution in [2.24, 2.45) is 0 Å². The number of pyridine rings is 1. The van der Waals surface area contributed by atoms with Crippen LogP contribution < -0.4 is 4.18 Å². The van der Waals surface area contributed by atoms with E-state index in [1.807, 2.05) is 0 Å². The maximum Gasteiger partial charge on any atom is 0.420 e. The molecule has 1 heterocycles. The molecule has 0 unspecified atom stereocenters. The van der Waals surface area contributed by atoms with E-state index in [0.717, 1.165) is 6.20 Å². The summed E-state index contributed by atoms with van der Waals surface area (Å²) >= 11 is 0. The highest BCUT2D eigenvalue weighted by molar-refractivity contribution is 7.86. The number of hydrogen-bond donors (Lipinski definition) is 0. The molecule has 0 atom stereocenters. The molecule has 4 nitrogen and oxygen atoms in total. The Labute approximate surface area is 83.8 Å². The van der Waals surface area contributed by atoms with Gasteiger partial charge in [0.2, 0.25) is 0 Å². The maximum absolute atomic E-state index is 12.3. The van der Waals surface area contributed by atoms with Crippen molar-refractivity contribution in [3.05, 3.63) is 24.0 Å². The van der Waals surface area contributed by atoms with Crippen LogP contribution >= 0.6 is 0 Å². The molecule has 0 amide bonds. The molecule has 0 aliphatic carbocycles. The number of alkyl halides is 3. The molecule has 8 heteroatoms. The Hall–Kier alpha value is -1.31. The number of nitrogens with zero attached hydrogens (tertiary/aromatic N) is 1. The van der Waals surface area contributed by atoms with Crippen molar-refractivity contribution < 1.29 is 25.8 Å². The fourth-order valence-electron chi connectivity index (χ4n) is 0.844. The minimum absolute atomic E-state index is 0.639. The van der Waals surface area contributed by atoms with Crippen molar-refractivity contribution in [1.82, 2.24) is 4.98 Å². The van der Waals surface area contributed by atoms with E-state index in [1.54, 1.807) is 0 Å². The predicted octanol–water partition coefficient (Wildman–Crippen LogP) is 1.44. The van der Waals surface area contributed by atoms with E-state index in [2.05, 4.69) is 9.17 Å². The molecule has 1 rings (SSSR count). The third kappa shape index (κ3) is 3.39. The Morgan fingerprint density at radius 3 is 2.47 bits per heavy atom. The molecule has 0 fully saturated rings. The lowest BCUT2D eigenvalue weighted by Gasteiger charge is -2.10. The van der Waals surface area contributed by atoms with Gasteiger partial charge in [0, 0.05) is 6.20 Å². The Kier molecular flexibility index (Phi) is 2.89. The molecule has 0 radical (unpaired) electrons. The van der Waals surface area contributed by atoms with Gasteiger partial charge in [0.25, 0.3) is 0 Å². The van der Waals surface area contributed by atoms with Crippen molar-refractivity contribution in [2.45, 2.75) is 6.18 Å². The average molecular weight is 241 g/mol. The van der Waals surface area contributed by atoms with Crippen molar-refractivity contribution >= 4 is 10.1 Å². The van der Waals surface area contributed by atoms with Crippen molar-refractivity contribution in [1.29, 1.82) is 0 Å². The molecule has 84 valence electrons. The largest absolute Gasteiger partial charge is 0.420 e. The molecule has 0 saturated heterocycles. The Morgan fingerprint density at radius 2 is 2.00 bits per heavy atom. The van der Waals surface area contributed by atoms with Gasteiger partial charge in [-0.05, 0) is 6.07 Å². The fourth-order valence-corrected chi connectivity index (χ4v) is 1.30. The summed E-state index contributed by atoms with van der Waals surface area (Å²) < 4.78 is 62.4. The molecule has 0 aliphatic heterocycles. The Balaban J connectivity index is 3.19. The second-order valence-corrected chi connectivity index (χ2v) is 4.23. The van der Waals surface area contributed by atoms with Crippen LogP contribution in [0.2, 0.25) is 0 Å². The molecule has 0 aliphatic rings. The van der Waals surface area contributed by atoms with Gasteiger partial charge in [-0.2, -0.15) is 21.6 Å². The smallest absolute Gasteiger partial charge is 0.380 e. The van der Waals surface area contributed by atoms with Gasteiger partial charge in [0.1, 0.15) is 5.56 Å². The van der Waals surface area contributed by atoms with Crippen molar-refractivity contribution in [3.63, 3.8) is 0 Å². The molecule has 0 bridgehead atoms. The standard InChI is InChI=1S/C7H6F3NO3S/c1-15(12,13)14-6-4-11-3-2-5(6)7(8,9)10/h2-4H,1H3. The minimum atomic E-state index is -4.68. The second-order valence-electron chi connectivity index (χ2n) is 2.66. The lowest BCUT2D eigenvalue weighted by atomic mass is 10.2. The van der Waals surface area contributed by atoms with Gasteiger partial charge in [-0.25, -0.2) is 0 Å². The van der Waals surface area contributed by atoms with E-state index in [0.29, 0.717) is 18.5 Å². The first-order valence-corrected chi connectivity index (χ1v) is 5.42. The lowest BCUT2D eigenvalue weighted by molar-refractivity contribution is -0.138. The Bertz CT molecular complexity index is 455. The first-order chi connectivity index (χ1) is 6.70. The molecule has 0 saturated carbocycles. The van der Waals surface area contributed by atoms with Gasteiger partial charge in [-0.1, -0.05) is 0 Å².